The second-order valence-electron chi connectivity index (χ2n) is 5.68. The SMILES string of the molecule is Clc1ccc(C[CH]Cc2ccc(N3CCCC3)cc2)cc1. The standard InChI is InChI=1S/C19H21ClN/c20-18-10-6-16(7-11-18)4-3-5-17-8-12-19(13-9-17)21-14-1-2-15-21/h3,6-13H,1-2,4-5,14-15H2. The van der Waals surface area contributed by atoms with E-state index in [-0.39, 0.29) is 0 Å². The summed E-state index contributed by atoms with van der Waals surface area (Å²) in [6, 6.07) is 17.1. The summed E-state index contributed by atoms with van der Waals surface area (Å²) < 4.78 is 0. The van der Waals surface area contributed by atoms with Gasteiger partial charge in [0.1, 0.15) is 0 Å². The highest BCUT2D eigenvalue weighted by Crippen LogP contribution is 2.21. The van der Waals surface area contributed by atoms with Crippen LogP contribution in [0.25, 0.3) is 0 Å². The van der Waals surface area contributed by atoms with Gasteiger partial charge in [0.15, 0.2) is 0 Å². The molecule has 0 aliphatic carbocycles. The van der Waals surface area contributed by atoms with Gasteiger partial charge < -0.3 is 4.90 Å². The number of benzene rings is 2. The summed E-state index contributed by atoms with van der Waals surface area (Å²) in [6.45, 7) is 2.42. The van der Waals surface area contributed by atoms with E-state index in [2.05, 4.69) is 47.7 Å². The molecule has 0 amide bonds. The lowest BCUT2D eigenvalue weighted by atomic mass is 10.0. The molecule has 2 aromatic carbocycles. The van der Waals surface area contributed by atoms with Crippen LogP contribution in [0.15, 0.2) is 48.5 Å². The molecule has 1 saturated heterocycles. The van der Waals surface area contributed by atoms with Crippen LogP contribution in [0.3, 0.4) is 0 Å². The zero-order valence-electron chi connectivity index (χ0n) is 12.3. The van der Waals surface area contributed by atoms with Gasteiger partial charge in [0.05, 0.1) is 0 Å². The van der Waals surface area contributed by atoms with Crippen molar-refractivity contribution in [3.8, 4) is 0 Å². The lowest BCUT2D eigenvalue weighted by molar-refractivity contribution is 0.949. The van der Waals surface area contributed by atoms with Gasteiger partial charge in [0.25, 0.3) is 0 Å². The summed E-state index contributed by atoms with van der Waals surface area (Å²) >= 11 is 5.90. The highest BCUT2D eigenvalue weighted by molar-refractivity contribution is 6.30. The van der Waals surface area contributed by atoms with Crippen molar-refractivity contribution in [1.82, 2.24) is 0 Å². The number of hydrogen-bond donors (Lipinski definition) is 0. The van der Waals surface area contributed by atoms with E-state index in [0.717, 1.165) is 17.9 Å². The maximum atomic E-state index is 5.90. The number of halogens is 1. The molecule has 109 valence electrons. The normalized spacial score (nSPS) is 14.6. The highest BCUT2D eigenvalue weighted by atomic mass is 35.5. The number of rotatable bonds is 5. The second kappa shape index (κ2) is 7.00. The molecule has 2 aromatic rings. The minimum atomic E-state index is 0.802. The molecule has 21 heavy (non-hydrogen) atoms. The number of nitrogens with zero attached hydrogens (tertiary/aromatic N) is 1. The smallest absolute Gasteiger partial charge is 0.0406 e. The van der Waals surface area contributed by atoms with E-state index in [0.29, 0.717) is 0 Å². The Morgan fingerprint density at radius 1 is 0.810 bits per heavy atom. The lowest BCUT2D eigenvalue weighted by Crippen LogP contribution is -2.17. The molecule has 1 aliphatic rings. The summed E-state index contributed by atoms with van der Waals surface area (Å²) in [4.78, 5) is 2.47. The van der Waals surface area contributed by atoms with Crippen molar-refractivity contribution in [2.24, 2.45) is 0 Å². The molecule has 1 aliphatic heterocycles. The average molecular weight is 299 g/mol. The summed E-state index contributed by atoms with van der Waals surface area (Å²) in [5, 5.41) is 0.802. The van der Waals surface area contributed by atoms with Gasteiger partial charge in [0.2, 0.25) is 0 Å². The van der Waals surface area contributed by atoms with Gasteiger partial charge >= 0.3 is 0 Å². The molecule has 0 spiro atoms. The maximum Gasteiger partial charge on any atom is 0.0406 e. The first-order chi connectivity index (χ1) is 10.3. The number of hydrogen-bond acceptors (Lipinski definition) is 1. The van der Waals surface area contributed by atoms with Crippen molar-refractivity contribution in [2.45, 2.75) is 25.7 Å². The largest absolute Gasteiger partial charge is 0.372 e. The van der Waals surface area contributed by atoms with E-state index in [9.17, 15) is 0 Å². The molecular weight excluding hydrogens is 278 g/mol. The molecule has 0 unspecified atom stereocenters. The van der Waals surface area contributed by atoms with E-state index >= 15 is 0 Å². The van der Waals surface area contributed by atoms with Crippen molar-refractivity contribution < 1.29 is 0 Å². The van der Waals surface area contributed by atoms with E-state index in [4.69, 9.17) is 11.6 Å². The molecule has 2 heteroatoms. The molecule has 3 rings (SSSR count). The van der Waals surface area contributed by atoms with Gasteiger partial charge in [-0.3, -0.25) is 0 Å². The third-order valence-electron chi connectivity index (χ3n) is 4.08. The summed E-state index contributed by atoms with van der Waals surface area (Å²) in [7, 11) is 0. The fourth-order valence-corrected chi connectivity index (χ4v) is 2.97. The first-order valence-electron chi connectivity index (χ1n) is 7.71. The van der Waals surface area contributed by atoms with Crippen LogP contribution in [-0.4, -0.2) is 13.1 Å². The predicted molar refractivity (Wildman–Crippen MR) is 91.0 cm³/mol. The van der Waals surface area contributed by atoms with E-state index in [1.54, 1.807) is 0 Å². The van der Waals surface area contributed by atoms with Crippen LogP contribution < -0.4 is 4.90 Å². The van der Waals surface area contributed by atoms with Crippen LogP contribution in [-0.2, 0) is 12.8 Å². The van der Waals surface area contributed by atoms with Crippen molar-refractivity contribution >= 4 is 17.3 Å². The van der Waals surface area contributed by atoms with Gasteiger partial charge in [-0.05, 0) is 67.5 Å². The van der Waals surface area contributed by atoms with E-state index < -0.39 is 0 Å². The van der Waals surface area contributed by atoms with Gasteiger partial charge in [0, 0.05) is 23.8 Å². The monoisotopic (exact) mass is 298 g/mol. The Labute approximate surface area is 132 Å². The first-order valence-corrected chi connectivity index (χ1v) is 8.09. The topological polar surface area (TPSA) is 3.24 Å². The minimum Gasteiger partial charge on any atom is -0.372 e. The molecule has 1 fully saturated rings. The molecule has 1 nitrogen and oxygen atoms in total. The minimum absolute atomic E-state index is 0.802. The molecule has 1 heterocycles. The Kier molecular flexibility index (Phi) is 4.82. The van der Waals surface area contributed by atoms with Crippen LogP contribution in [0.1, 0.15) is 24.0 Å². The van der Waals surface area contributed by atoms with Crippen molar-refractivity contribution in [2.75, 3.05) is 18.0 Å². The number of anilines is 1. The van der Waals surface area contributed by atoms with Gasteiger partial charge in [-0.1, -0.05) is 35.9 Å². The summed E-state index contributed by atoms with van der Waals surface area (Å²) in [5.41, 5.74) is 4.06. The van der Waals surface area contributed by atoms with Crippen molar-refractivity contribution in [3.05, 3.63) is 71.1 Å². The fourth-order valence-electron chi connectivity index (χ4n) is 2.84. The van der Waals surface area contributed by atoms with Crippen LogP contribution in [0.5, 0.6) is 0 Å². The van der Waals surface area contributed by atoms with Crippen LogP contribution in [0.2, 0.25) is 5.02 Å². The van der Waals surface area contributed by atoms with Gasteiger partial charge in [-0.2, -0.15) is 0 Å². The quantitative estimate of drug-likeness (QED) is 0.756. The molecule has 0 saturated carbocycles. The Bertz CT molecular complexity index is 553. The molecule has 0 atom stereocenters. The Morgan fingerprint density at radius 2 is 1.33 bits per heavy atom. The molecule has 1 radical (unpaired) electrons. The van der Waals surface area contributed by atoms with E-state index in [1.807, 2.05) is 12.1 Å². The Hall–Kier alpha value is -1.47. The van der Waals surface area contributed by atoms with E-state index in [1.165, 1.54) is 42.7 Å². The summed E-state index contributed by atoms with van der Waals surface area (Å²) in [5.74, 6) is 0. The predicted octanol–water partition coefficient (Wildman–Crippen LogP) is 4.93. The average Bonchev–Trinajstić information content (AvgIpc) is 3.04. The third kappa shape index (κ3) is 4.01. The van der Waals surface area contributed by atoms with Crippen LogP contribution >= 0.6 is 11.6 Å². The van der Waals surface area contributed by atoms with Gasteiger partial charge in [-0.25, -0.2) is 0 Å². The second-order valence-corrected chi connectivity index (χ2v) is 6.12. The zero-order valence-corrected chi connectivity index (χ0v) is 13.0. The Morgan fingerprint density at radius 3 is 1.90 bits per heavy atom. The fraction of sp³-hybridized carbons (Fsp3) is 0.316. The third-order valence-corrected chi connectivity index (χ3v) is 4.33. The maximum absolute atomic E-state index is 5.90. The molecule has 0 aromatic heterocycles. The molecular formula is C19H21ClN. The first kappa shape index (κ1) is 14.5. The van der Waals surface area contributed by atoms with Crippen molar-refractivity contribution in [3.63, 3.8) is 0 Å². The zero-order chi connectivity index (χ0) is 14.5. The molecule has 0 bridgehead atoms. The summed E-state index contributed by atoms with van der Waals surface area (Å²) in [6.07, 6.45) is 7.00. The highest BCUT2D eigenvalue weighted by Gasteiger charge is 2.11. The Balaban J connectivity index is 1.50. The van der Waals surface area contributed by atoms with Crippen LogP contribution in [0.4, 0.5) is 5.69 Å². The lowest BCUT2D eigenvalue weighted by Gasteiger charge is -2.17. The van der Waals surface area contributed by atoms with Crippen molar-refractivity contribution in [1.29, 1.82) is 0 Å². The molecule has 0 N–H and O–H groups in total. The van der Waals surface area contributed by atoms with Crippen LogP contribution in [0, 0.1) is 6.42 Å². The van der Waals surface area contributed by atoms with Gasteiger partial charge in [-0.15, -0.1) is 0 Å².